The van der Waals surface area contributed by atoms with E-state index in [-0.39, 0.29) is 23.8 Å². The summed E-state index contributed by atoms with van der Waals surface area (Å²) in [5, 5.41) is 7.53. The number of benzene rings is 1. The summed E-state index contributed by atoms with van der Waals surface area (Å²) in [6.45, 7) is 0. The molecule has 2 atom stereocenters. The number of aromatic nitrogens is 3. The second-order valence-corrected chi connectivity index (χ2v) is 8.54. The number of amides is 1. The number of rotatable bonds is 5. The molecule has 0 aliphatic heterocycles. The summed E-state index contributed by atoms with van der Waals surface area (Å²) in [7, 11) is 3.44. The normalized spacial score (nSPS) is 18.8. The molecule has 1 aromatic carbocycles. The Hall–Kier alpha value is -2.78. The fourth-order valence-corrected chi connectivity index (χ4v) is 4.29. The van der Waals surface area contributed by atoms with Crippen LogP contribution in [0.1, 0.15) is 23.2 Å². The summed E-state index contributed by atoms with van der Waals surface area (Å²) in [4.78, 5) is 38.9. The van der Waals surface area contributed by atoms with Crippen LogP contribution in [0.15, 0.2) is 30.6 Å². The van der Waals surface area contributed by atoms with Gasteiger partial charge in [-0.25, -0.2) is 15.0 Å². The number of fused-ring (bicyclic) bond motifs is 1. The van der Waals surface area contributed by atoms with Gasteiger partial charge in [0.1, 0.15) is 0 Å². The van der Waals surface area contributed by atoms with Gasteiger partial charge >= 0.3 is 0 Å². The number of ketones is 1. The summed E-state index contributed by atoms with van der Waals surface area (Å²) >= 11 is 7.23. The number of halogens is 1. The van der Waals surface area contributed by atoms with E-state index >= 15 is 0 Å². The quantitative estimate of drug-likeness (QED) is 0.641. The van der Waals surface area contributed by atoms with Gasteiger partial charge in [-0.1, -0.05) is 22.9 Å². The number of thiazole rings is 1. The number of carbonyl (C=O) groups is 2. The number of anilines is 2. The van der Waals surface area contributed by atoms with Gasteiger partial charge in [-0.05, 0) is 24.6 Å². The van der Waals surface area contributed by atoms with Crippen molar-refractivity contribution in [1.29, 1.82) is 0 Å². The molecule has 150 valence electrons. The molecule has 29 heavy (non-hydrogen) atoms. The van der Waals surface area contributed by atoms with Crippen molar-refractivity contribution < 1.29 is 9.59 Å². The average molecular weight is 431 g/mol. The van der Waals surface area contributed by atoms with Crippen LogP contribution in [0, 0.1) is 0 Å². The van der Waals surface area contributed by atoms with Crippen molar-refractivity contribution in [1.82, 2.24) is 19.9 Å². The lowest BCUT2D eigenvalue weighted by atomic mass is 10.2. The van der Waals surface area contributed by atoms with Gasteiger partial charge in [0.25, 0.3) is 5.91 Å². The largest absolute Gasteiger partial charge is 0.352 e. The molecule has 2 aromatic heterocycles. The third-order valence-electron chi connectivity index (χ3n) is 4.65. The van der Waals surface area contributed by atoms with Crippen LogP contribution in [-0.4, -0.2) is 57.7 Å². The van der Waals surface area contributed by atoms with E-state index in [9.17, 15) is 9.59 Å². The predicted molar refractivity (Wildman–Crippen MR) is 114 cm³/mol. The molecule has 4 rings (SSSR count). The van der Waals surface area contributed by atoms with Gasteiger partial charge in [0.15, 0.2) is 10.9 Å². The zero-order valence-electron chi connectivity index (χ0n) is 15.8. The van der Waals surface area contributed by atoms with Gasteiger partial charge in [0.2, 0.25) is 5.95 Å². The van der Waals surface area contributed by atoms with Crippen LogP contribution in [0.3, 0.4) is 0 Å². The van der Waals surface area contributed by atoms with Crippen LogP contribution >= 0.6 is 22.9 Å². The zero-order chi connectivity index (χ0) is 20.5. The monoisotopic (exact) mass is 430 g/mol. The zero-order valence-corrected chi connectivity index (χ0v) is 17.4. The lowest BCUT2D eigenvalue weighted by Crippen LogP contribution is -2.24. The van der Waals surface area contributed by atoms with Gasteiger partial charge in [0.05, 0.1) is 33.7 Å². The van der Waals surface area contributed by atoms with Crippen LogP contribution in [0.5, 0.6) is 0 Å². The number of carbonyl (C=O) groups excluding carboxylic acids is 2. The van der Waals surface area contributed by atoms with Crippen molar-refractivity contribution >= 4 is 55.9 Å². The smallest absolute Gasteiger partial charge is 0.253 e. The van der Waals surface area contributed by atoms with Crippen molar-refractivity contribution in [2.24, 2.45) is 0 Å². The Bertz CT molecular complexity index is 1070. The molecular weight excluding hydrogens is 412 g/mol. The molecule has 8 nitrogen and oxygen atoms in total. The molecule has 2 heterocycles. The van der Waals surface area contributed by atoms with Gasteiger partial charge in [0, 0.05) is 32.1 Å². The lowest BCUT2D eigenvalue weighted by Gasteiger charge is -2.12. The molecule has 0 spiro atoms. The van der Waals surface area contributed by atoms with Crippen LogP contribution in [-0.2, 0) is 4.79 Å². The maximum absolute atomic E-state index is 12.4. The first-order valence-electron chi connectivity index (χ1n) is 9.04. The van der Waals surface area contributed by atoms with E-state index in [1.165, 1.54) is 28.6 Å². The number of Topliss-reactive ketones (excluding diaryl/α,β-unsaturated/α-hetero) is 1. The SMILES string of the molecule is CN(C)C(=O)c1ccc2nc(N[C@@H]3C[C@@H](Nc4ncc(Cl)cn4)CC3=O)sc2c1. The van der Waals surface area contributed by atoms with E-state index in [4.69, 9.17) is 11.6 Å². The standard InChI is InChI=1S/C19H19ClN6O2S/c1-26(2)17(28)10-3-4-13-16(5-10)29-19(24-13)25-14-6-12(7-15(14)27)23-18-21-8-11(20)9-22-18/h3-5,8-9,12,14H,6-7H2,1-2H3,(H,24,25)(H,21,22,23)/t12-,14-/m1/s1. The molecule has 0 unspecified atom stereocenters. The molecule has 10 heteroatoms. The maximum atomic E-state index is 12.4. The van der Waals surface area contributed by atoms with E-state index in [1.54, 1.807) is 20.2 Å². The van der Waals surface area contributed by atoms with Crippen molar-refractivity contribution in [2.75, 3.05) is 24.7 Å². The molecule has 2 N–H and O–H groups in total. The number of hydrogen-bond donors (Lipinski definition) is 2. The number of nitrogens with zero attached hydrogens (tertiary/aromatic N) is 4. The first-order valence-corrected chi connectivity index (χ1v) is 10.2. The van der Waals surface area contributed by atoms with E-state index < -0.39 is 0 Å². The van der Waals surface area contributed by atoms with Gasteiger partial charge in [-0.3, -0.25) is 9.59 Å². The third-order valence-corrected chi connectivity index (χ3v) is 5.79. The Kier molecular flexibility index (Phi) is 5.33. The first kappa shape index (κ1) is 19.5. The molecular formula is C19H19ClN6O2S. The highest BCUT2D eigenvalue weighted by atomic mass is 35.5. The highest BCUT2D eigenvalue weighted by molar-refractivity contribution is 7.22. The molecule has 1 aliphatic carbocycles. The molecule has 0 bridgehead atoms. The number of nitrogens with one attached hydrogen (secondary N) is 2. The lowest BCUT2D eigenvalue weighted by molar-refractivity contribution is -0.118. The number of hydrogen-bond acceptors (Lipinski definition) is 8. The highest BCUT2D eigenvalue weighted by Gasteiger charge is 2.33. The topological polar surface area (TPSA) is 100 Å². The van der Waals surface area contributed by atoms with Crippen LogP contribution in [0.4, 0.5) is 11.1 Å². The van der Waals surface area contributed by atoms with E-state index in [1.807, 2.05) is 12.1 Å². The van der Waals surface area contributed by atoms with Gasteiger partial charge in [-0.2, -0.15) is 0 Å². The molecule has 1 fully saturated rings. The maximum Gasteiger partial charge on any atom is 0.253 e. The molecule has 1 amide bonds. The minimum atomic E-state index is -0.330. The van der Waals surface area contributed by atoms with Gasteiger partial charge in [-0.15, -0.1) is 0 Å². The average Bonchev–Trinajstić information content (AvgIpc) is 3.25. The van der Waals surface area contributed by atoms with E-state index in [2.05, 4.69) is 25.6 Å². The van der Waals surface area contributed by atoms with Gasteiger partial charge < -0.3 is 15.5 Å². The van der Waals surface area contributed by atoms with Crippen LogP contribution in [0.25, 0.3) is 10.2 Å². The second kappa shape index (κ2) is 7.92. The van der Waals surface area contributed by atoms with Crippen molar-refractivity contribution in [3.8, 4) is 0 Å². The third kappa shape index (κ3) is 4.30. The Labute approximate surface area is 176 Å². The van der Waals surface area contributed by atoms with E-state index in [0.29, 0.717) is 34.5 Å². The van der Waals surface area contributed by atoms with E-state index in [0.717, 1.165) is 10.2 Å². The summed E-state index contributed by atoms with van der Waals surface area (Å²) in [6, 6.07) is 5.04. The summed E-state index contributed by atoms with van der Waals surface area (Å²) in [5.74, 6) is 0.504. The van der Waals surface area contributed by atoms with Crippen molar-refractivity contribution in [3.05, 3.63) is 41.2 Å². The second-order valence-electron chi connectivity index (χ2n) is 7.07. The fourth-order valence-electron chi connectivity index (χ4n) is 3.23. The molecule has 0 radical (unpaired) electrons. The minimum Gasteiger partial charge on any atom is -0.352 e. The molecule has 3 aromatic rings. The fraction of sp³-hybridized carbons (Fsp3) is 0.316. The summed E-state index contributed by atoms with van der Waals surface area (Å²) in [6.07, 6.45) is 4.01. The Morgan fingerprint density at radius 2 is 2.00 bits per heavy atom. The Morgan fingerprint density at radius 3 is 2.72 bits per heavy atom. The Balaban J connectivity index is 1.44. The molecule has 0 saturated heterocycles. The predicted octanol–water partition coefficient (Wildman–Crippen LogP) is 3.07. The highest BCUT2D eigenvalue weighted by Crippen LogP contribution is 2.30. The summed E-state index contributed by atoms with van der Waals surface area (Å²) in [5.41, 5.74) is 1.41. The Morgan fingerprint density at radius 1 is 1.24 bits per heavy atom. The molecule has 1 aliphatic rings. The van der Waals surface area contributed by atoms with Crippen LogP contribution in [0.2, 0.25) is 5.02 Å². The van der Waals surface area contributed by atoms with Crippen molar-refractivity contribution in [2.45, 2.75) is 24.9 Å². The molecule has 1 saturated carbocycles. The first-order chi connectivity index (χ1) is 13.9. The van der Waals surface area contributed by atoms with Crippen LogP contribution < -0.4 is 10.6 Å². The van der Waals surface area contributed by atoms with Crippen molar-refractivity contribution in [3.63, 3.8) is 0 Å². The minimum absolute atomic E-state index is 0.0557. The summed E-state index contributed by atoms with van der Waals surface area (Å²) < 4.78 is 0.898.